The van der Waals surface area contributed by atoms with Gasteiger partial charge in [0.05, 0.1) is 15.6 Å². The van der Waals surface area contributed by atoms with Gasteiger partial charge < -0.3 is 9.88 Å². The van der Waals surface area contributed by atoms with Crippen molar-refractivity contribution in [2.75, 3.05) is 7.05 Å². The molecule has 2 heterocycles. The van der Waals surface area contributed by atoms with Gasteiger partial charge in [-0.25, -0.2) is 0 Å². The maximum Gasteiger partial charge on any atom is 0.276 e. The third kappa shape index (κ3) is 3.66. The molecule has 7 heteroatoms. The summed E-state index contributed by atoms with van der Waals surface area (Å²) >= 11 is 17.5. The van der Waals surface area contributed by atoms with Gasteiger partial charge in [-0.05, 0) is 48.0 Å². The minimum atomic E-state index is -0.132. The Morgan fingerprint density at radius 2 is 1.97 bits per heavy atom. The molecule has 1 fully saturated rings. The molecule has 3 aromatic rings. The fourth-order valence-electron chi connectivity index (χ4n) is 3.60. The Bertz CT molecular complexity index is 1180. The summed E-state index contributed by atoms with van der Waals surface area (Å²) in [4.78, 5) is 13.9. The van der Waals surface area contributed by atoms with Crippen molar-refractivity contribution in [2.45, 2.75) is 19.9 Å². The second kappa shape index (κ2) is 7.82. The molecule has 0 aliphatic carbocycles. The molecule has 0 atom stereocenters. The number of likely N-dealkylation sites (N-methyl/N-ethyl adjacent to an activating group) is 1. The minimum absolute atomic E-state index is 0.132. The van der Waals surface area contributed by atoms with Crippen LogP contribution in [0.2, 0.25) is 10.0 Å². The van der Waals surface area contributed by atoms with Gasteiger partial charge in [0.15, 0.2) is 5.11 Å². The summed E-state index contributed by atoms with van der Waals surface area (Å²) in [6, 6.07) is 11.9. The molecule has 0 unspecified atom stereocenters. The first-order valence-corrected chi connectivity index (χ1v) is 10.4. The van der Waals surface area contributed by atoms with E-state index in [9.17, 15) is 4.79 Å². The van der Waals surface area contributed by atoms with Gasteiger partial charge in [-0.3, -0.25) is 9.69 Å². The van der Waals surface area contributed by atoms with Crippen LogP contribution in [0.5, 0.6) is 0 Å². The topological polar surface area (TPSA) is 37.3 Å². The molecule has 0 radical (unpaired) electrons. The van der Waals surface area contributed by atoms with E-state index in [1.807, 2.05) is 30.3 Å². The average Bonchev–Trinajstić information content (AvgIpc) is 3.17. The van der Waals surface area contributed by atoms with E-state index in [2.05, 4.69) is 35.1 Å². The number of fused-ring (bicyclic) bond motifs is 1. The molecule has 1 N–H and O–H groups in total. The van der Waals surface area contributed by atoms with Gasteiger partial charge >= 0.3 is 0 Å². The molecule has 0 saturated carbocycles. The van der Waals surface area contributed by atoms with E-state index < -0.39 is 0 Å². The second-order valence-corrected chi connectivity index (χ2v) is 8.18. The lowest BCUT2D eigenvalue weighted by Gasteiger charge is -2.09. The number of aryl methyl sites for hydroxylation is 1. The molecule has 4 nitrogen and oxygen atoms in total. The van der Waals surface area contributed by atoms with Crippen LogP contribution < -0.4 is 5.32 Å². The van der Waals surface area contributed by atoms with Crippen molar-refractivity contribution in [2.24, 2.45) is 0 Å². The molecule has 2 aromatic carbocycles. The zero-order chi connectivity index (χ0) is 20.7. The Morgan fingerprint density at radius 3 is 2.62 bits per heavy atom. The Labute approximate surface area is 184 Å². The number of rotatable bonds is 4. The number of hydrogen-bond acceptors (Lipinski definition) is 2. The highest BCUT2D eigenvalue weighted by Gasteiger charge is 2.27. The van der Waals surface area contributed by atoms with Gasteiger partial charge in [-0.2, -0.15) is 0 Å². The Hall–Kier alpha value is -2.34. The van der Waals surface area contributed by atoms with E-state index in [-0.39, 0.29) is 5.91 Å². The standard InChI is InChI=1S/C22H19Cl2N3OS/c1-3-14-5-4-6-16-15(10-19-21(28)26(2)22(29)25-19)12-27(20(14)16)11-13-7-8-17(23)18(24)9-13/h4-10,12H,3,11H2,1-2H3,(H,25,29)/b19-10-. The highest BCUT2D eigenvalue weighted by molar-refractivity contribution is 7.80. The summed E-state index contributed by atoms with van der Waals surface area (Å²) in [6.45, 7) is 2.78. The van der Waals surface area contributed by atoms with Crippen LogP contribution in [0, 0.1) is 0 Å². The predicted molar refractivity (Wildman–Crippen MR) is 123 cm³/mol. The molecule has 0 spiro atoms. The highest BCUT2D eigenvalue weighted by atomic mass is 35.5. The van der Waals surface area contributed by atoms with E-state index in [1.54, 1.807) is 7.05 Å². The molecule has 1 amide bonds. The number of para-hydroxylation sites is 1. The van der Waals surface area contributed by atoms with Crippen LogP contribution in [0.15, 0.2) is 48.3 Å². The third-order valence-corrected chi connectivity index (χ3v) is 6.23. The zero-order valence-electron chi connectivity index (χ0n) is 16.0. The molecule has 29 heavy (non-hydrogen) atoms. The van der Waals surface area contributed by atoms with Gasteiger partial charge in [0.25, 0.3) is 5.91 Å². The molecule has 1 aromatic heterocycles. The van der Waals surface area contributed by atoms with Crippen molar-refractivity contribution in [1.29, 1.82) is 0 Å². The van der Waals surface area contributed by atoms with Crippen molar-refractivity contribution < 1.29 is 4.79 Å². The van der Waals surface area contributed by atoms with Gasteiger partial charge in [-0.1, -0.05) is 54.4 Å². The van der Waals surface area contributed by atoms with Crippen LogP contribution in [-0.2, 0) is 17.8 Å². The summed E-state index contributed by atoms with van der Waals surface area (Å²) < 4.78 is 2.20. The van der Waals surface area contributed by atoms with E-state index in [1.165, 1.54) is 10.5 Å². The number of benzene rings is 2. The van der Waals surface area contributed by atoms with Crippen LogP contribution in [0.4, 0.5) is 0 Å². The van der Waals surface area contributed by atoms with Crippen molar-refractivity contribution in [3.05, 3.63) is 75.0 Å². The summed E-state index contributed by atoms with van der Waals surface area (Å²) in [6.07, 6.45) is 4.84. The molecule has 1 saturated heterocycles. The Kier molecular flexibility index (Phi) is 5.38. The van der Waals surface area contributed by atoms with Crippen LogP contribution >= 0.6 is 35.4 Å². The number of nitrogens with zero attached hydrogens (tertiary/aromatic N) is 2. The van der Waals surface area contributed by atoms with Crippen molar-refractivity contribution in [3.8, 4) is 0 Å². The van der Waals surface area contributed by atoms with Gasteiger partial charge in [0.2, 0.25) is 0 Å². The second-order valence-electron chi connectivity index (χ2n) is 6.98. The van der Waals surface area contributed by atoms with Crippen molar-refractivity contribution in [1.82, 2.24) is 14.8 Å². The SMILES string of the molecule is CCc1cccc2c(/C=C3\NC(=S)N(C)C3=O)cn(Cc3ccc(Cl)c(Cl)c3)c12. The maximum atomic E-state index is 12.4. The van der Waals surface area contributed by atoms with E-state index >= 15 is 0 Å². The monoisotopic (exact) mass is 443 g/mol. The molecule has 4 rings (SSSR count). The van der Waals surface area contributed by atoms with Crippen LogP contribution in [0.3, 0.4) is 0 Å². The summed E-state index contributed by atoms with van der Waals surface area (Å²) in [5.41, 5.74) is 4.88. The third-order valence-electron chi connectivity index (χ3n) is 5.11. The van der Waals surface area contributed by atoms with Gasteiger partial charge in [0, 0.05) is 30.7 Å². The number of thiocarbonyl (C=S) groups is 1. The van der Waals surface area contributed by atoms with E-state index in [0.29, 0.717) is 27.4 Å². The number of nitrogens with one attached hydrogen (secondary N) is 1. The number of hydrogen-bond donors (Lipinski definition) is 1. The number of halogens is 2. The quantitative estimate of drug-likeness (QED) is 0.442. The zero-order valence-corrected chi connectivity index (χ0v) is 18.3. The predicted octanol–water partition coefficient (Wildman–Crippen LogP) is 5.25. The average molecular weight is 444 g/mol. The van der Waals surface area contributed by atoms with Crippen LogP contribution in [0.1, 0.15) is 23.6 Å². The first-order valence-electron chi connectivity index (χ1n) is 9.24. The summed E-state index contributed by atoms with van der Waals surface area (Å²) in [5.74, 6) is -0.132. The van der Waals surface area contributed by atoms with Gasteiger partial charge in [-0.15, -0.1) is 0 Å². The van der Waals surface area contributed by atoms with Gasteiger partial charge in [0.1, 0.15) is 5.70 Å². The number of carbonyl (C=O) groups is 1. The largest absolute Gasteiger partial charge is 0.342 e. The van der Waals surface area contributed by atoms with Crippen LogP contribution in [0.25, 0.3) is 17.0 Å². The normalized spacial score (nSPS) is 15.6. The lowest BCUT2D eigenvalue weighted by Crippen LogP contribution is -2.25. The van der Waals surface area contributed by atoms with E-state index in [4.69, 9.17) is 35.4 Å². The van der Waals surface area contributed by atoms with Crippen molar-refractivity contribution >= 4 is 63.4 Å². The first-order chi connectivity index (χ1) is 13.9. The highest BCUT2D eigenvalue weighted by Crippen LogP contribution is 2.29. The van der Waals surface area contributed by atoms with Crippen molar-refractivity contribution in [3.63, 3.8) is 0 Å². The molecular formula is C22H19Cl2N3OS. The first kappa shape index (κ1) is 20.0. The molecule has 0 bridgehead atoms. The number of amides is 1. The summed E-state index contributed by atoms with van der Waals surface area (Å²) in [7, 11) is 1.67. The van der Waals surface area contributed by atoms with E-state index in [0.717, 1.165) is 28.5 Å². The lowest BCUT2D eigenvalue weighted by atomic mass is 10.1. The molecule has 1 aliphatic rings. The molecular weight excluding hydrogens is 425 g/mol. The number of aromatic nitrogens is 1. The van der Waals surface area contributed by atoms with Crippen LogP contribution in [-0.4, -0.2) is 27.5 Å². The fraction of sp³-hybridized carbons (Fsp3) is 0.182. The lowest BCUT2D eigenvalue weighted by molar-refractivity contribution is -0.121. The molecule has 148 valence electrons. The fourth-order valence-corrected chi connectivity index (χ4v) is 4.12. The number of carbonyl (C=O) groups excluding carboxylic acids is 1. The Morgan fingerprint density at radius 1 is 1.17 bits per heavy atom. The molecule has 1 aliphatic heterocycles. The Balaban J connectivity index is 1.84. The maximum absolute atomic E-state index is 12.4. The summed E-state index contributed by atoms with van der Waals surface area (Å²) in [5, 5.41) is 5.58. The smallest absolute Gasteiger partial charge is 0.276 e. The minimum Gasteiger partial charge on any atom is -0.342 e.